The van der Waals surface area contributed by atoms with Crippen molar-refractivity contribution < 1.29 is 4.79 Å². The Balaban J connectivity index is 1.23. The second-order valence-corrected chi connectivity index (χ2v) is 8.58. The van der Waals surface area contributed by atoms with Crippen molar-refractivity contribution in [2.75, 3.05) is 46.3 Å². The number of piperidine rings is 1. The van der Waals surface area contributed by atoms with Gasteiger partial charge in [-0.1, -0.05) is 12.1 Å². The van der Waals surface area contributed by atoms with Gasteiger partial charge in [0, 0.05) is 58.1 Å². The lowest BCUT2D eigenvalue weighted by atomic mass is 9.92. The lowest BCUT2D eigenvalue weighted by molar-refractivity contribution is -0.133. The standard InChI is InChI=1S/C23H33N5O/c1-25-14-16-27(17-15-25)23(29)10-7-20-4-2-12-26(18-20)19-21-5-8-22(9-6-21)28-13-3-11-24-28/h3,5-6,8-9,11,13,20H,2,4,7,10,12,14-19H2,1H3. The Labute approximate surface area is 174 Å². The van der Waals surface area contributed by atoms with Crippen LogP contribution in [-0.2, 0) is 11.3 Å². The van der Waals surface area contributed by atoms with Crippen LogP contribution in [0.3, 0.4) is 0 Å². The highest BCUT2D eigenvalue weighted by molar-refractivity contribution is 5.76. The van der Waals surface area contributed by atoms with Gasteiger partial charge in [-0.15, -0.1) is 0 Å². The molecule has 2 fully saturated rings. The first-order chi connectivity index (χ1) is 14.2. The van der Waals surface area contributed by atoms with E-state index in [1.807, 2.05) is 16.9 Å². The monoisotopic (exact) mass is 395 g/mol. The molecule has 29 heavy (non-hydrogen) atoms. The summed E-state index contributed by atoms with van der Waals surface area (Å²) in [6, 6.07) is 10.6. The maximum Gasteiger partial charge on any atom is 0.222 e. The summed E-state index contributed by atoms with van der Waals surface area (Å²) in [7, 11) is 2.13. The average molecular weight is 396 g/mol. The SMILES string of the molecule is CN1CCN(C(=O)CCC2CCCN(Cc3ccc(-n4cccn4)cc3)C2)CC1. The molecule has 1 atom stereocenters. The van der Waals surface area contributed by atoms with Crippen molar-refractivity contribution in [1.82, 2.24) is 24.5 Å². The van der Waals surface area contributed by atoms with E-state index < -0.39 is 0 Å². The maximum absolute atomic E-state index is 12.5. The Morgan fingerprint density at radius 2 is 1.90 bits per heavy atom. The van der Waals surface area contributed by atoms with Crippen LogP contribution in [0.25, 0.3) is 5.69 Å². The van der Waals surface area contributed by atoms with Crippen LogP contribution < -0.4 is 0 Å². The highest BCUT2D eigenvalue weighted by Crippen LogP contribution is 2.23. The zero-order valence-electron chi connectivity index (χ0n) is 17.5. The predicted octanol–water partition coefficient (Wildman–Crippen LogP) is 2.64. The Kier molecular flexibility index (Phi) is 6.62. The summed E-state index contributed by atoms with van der Waals surface area (Å²) in [6.07, 6.45) is 7.99. The molecule has 0 radical (unpaired) electrons. The Bertz CT molecular complexity index is 765. The van der Waals surface area contributed by atoms with Crippen molar-refractivity contribution >= 4 is 5.91 Å². The van der Waals surface area contributed by atoms with E-state index in [1.165, 1.54) is 18.4 Å². The number of hydrogen-bond donors (Lipinski definition) is 0. The molecule has 2 aliphatic rings. The second-order valence-electron chi connectivity index (χ2n) is 8.58. The van der Waals surface area contributed by atoms with Crippen LogP contribution in [0.5, 0.6) is 0 Å². The Morgan fingerprint density at radius 1 is 1.10 bits per heavy atom. The second kappa shape index (κ2) is 9.55. The summed E-state index contributed by atoms with van der Waals surface area (Å²) < 4.78 is 1.89. The number of likely N-dealkylation sites (tertiary alicyclic amines) is 1. The van der Waals surface area contributed by atoms with Gasteiger partial charge in [-0.3, -0.25) is 9.69 Å². The van der Waals surface area contributed by atoms with Gasteiger partial charge in [-0.25, -0.2) is 4.68 Å². The summed E-state index contributed by atoms with van der Waals surface area (Å²) in [5, 5.41) is 4.29. The molecule has 2 aromatic rings. The van der Waals surface area contributed by atoms with Crippen LogP contribution in [0.1, 0.15) is 31.2 Å². The predicted molar refractivity (Wildman–Crippen MR) is 115 cm³/mol. The molecule has 1 aromatic carbocycles. The molecule has 0 N–H and O–H groups in total. The number of piperazine rings is 1. The van der Waals surface area contributed by atoms with Crippen molar-refractivity contribution in [3.05, 3.63) is 48.3 Å². The fourth-order valence-electron chi connectivity index (χ4n) is 4.51. The van der Waals surface area contributed by atoms with Crippen LogP contribution in [0.2, 0.25) is 0 Å². The van der Waals surface area contributed by atoms with Crippen molar-refractivity contribution in [3.8, 4) is 5.69 Å². The first kappa shape index (κ1) is 20.1. The van der Waals surface area contributed by atoms with Crippen LogP contribution in [0.15, 0.2) is 42.7 Å². The molecule has 6 nitrogen and oxygen atoms in total. The van der Waals surface area contributed by atoms with Crippen LogP contribution >= 0.6 is 0 Å². The van der Waals surface area contributed by atoms with Gasteiger partial charge >= 0.3 is 0 Å². The topological polar surface area (TPSA) is 44.6 Å². The smallest absolute Gasteiger partial charge is 0.222 e. The van der Waals surface area contributed by atoms with Gasteiger partial charge in [0.25, 0.3) is 0 Å². The zero-order valence-corrected chi connectivity index (χ0v) is 17.5. The number of amides is 1. The molecule has 2 aliphatic heterocycles. The third-order valence-corrected chi connectivity index (χ3v) is 6.34. The largest absolute Gasteiger partial charge is 0.340 e. The lowest BCUT2D eigenvalue weighted by Crippen LogP contribution is -2.47. The van der Waals surface area contributed by atoms with E-state index in [9.17, 15) is 4.79 Å². The quantitative estimate of drug-likeness (QED) is 0.754. The van der Waals surface area contributed by atoms with Crippen molar-refractivity contribution in [2.45, 2.75) is 32.2 Å². The number of hydrogen-bond acceptors (Lipinski definition) is 4. The van der Waals surface area contributed by atoms with Crippen molar-refractivity contribution in [2.24, 2.45) is 5.92 Å². The highest BCUT2D eigenvalue weighted by atomic mass is 16.2. The normalized spacial score (nSPS) is 21.4. The average Bonchev–Trinajstić information content (AvgIpc) is 3.28. The molecule has 0 aliphatic carbocycles. The summed E-state index contributed by atoms with van der Waals surface area (Å²) in [6.45, 7) is 7.04. The molecule has 0 spiro atoms. The number of carbonyl (C=O) groups excluding carboxylic acids is 1. The first-order valence-corrected chi connectivity index (χ1v) is 10.9. The van der Waals surface area contributed by atoms with E-state index in [-0.39, 0.29) is 0 Å². The molecule has 0 bridgehead atoms. The zero-order chi connectivity index (χ0) is 20.1. The third kappa shape index (κ3) is 5.46. The number of nitrogens with zero attached hydrogens (tertiary/aromatic N) is 5. The van der Waals surface area contributed by atoms with E-state index in [1.54, 1.807) is 6.20 Å². The fourth-order valence-corrected chi connectivity index (χ4v) is 4.51. The summed E-state index contributed by atoms with van der Waals surface area (Å²) >= 11 is 0. The van der Waals surface area contributed by atoms with Crippen LogP contribution in [0.4, 0.5) is 0 Å². The maximum atomic E-state index is 12.5. The molecule has 2 saturated heterocycles. The molecule has 0 saturated carbocycles. The van der Waals surface area contributed by atoms with Crippen LogP contribution in [0, 0.1) is 5.92 Å². The Morgan fingerprint density at radius 3 is 2.62 bits per heavy atom. The summed E-state index contributed by atoms with van der Waals surface area (Å²) in [5.74, 6) is 0.993. The van der Waals surface area contributed by atoms with Gasteiger partial charge in [0.05, 0.1) is 5.69 Å². The Hall–Kier alpha value is -2.18. The fraction of sp³-hybridized carbons (Fsp3) is 0.565. The van der Waals surface area contributed by atoms with Gasteiger partial charge in [-0.2, -0.15) is 5.10 Å². The molecular weight excluding hydrogens is 362 g/mol. The molecule has 156 valence electrons. The van der Waals surface area contributed by atoms with Gasteiger partial charge in [-0.05, 0) is 62.5 Å². The minimum Gasteiger partial charge on any atom is -0.340 e. The highest BCUT2D eigenvalue weighted by Gasteiger charge is 2.23. The third-order valence-electron chi connectivity index (χ3n) is 6.34. The number of likely N-dealkylation sites (N-methyl/N-ethyl adjacent to an activating group) is 1. The van der Waals surface area contributed by atoms with Crippen molar-refractivity contribution in [1.29, 1.82) is 0 Å². The molecule has 6 heteroatoms. The minimum absolute atomic E-state index is 0.351. The van der Waals surface area contributed by atoms with E-state index in [4.69, 9.17) is 0 Å². The number of carbonyl (C=O) groups is 1. The van der Waals surface area contributed by atoms with Gasteiger partial charge < -0.3 is 9.80 Å². The van der Waals surface area contributed by atoms with Gasteiger partial charge in [0.1, 0.15) is 0 Å². The molecule has 4 rings (SSSR count). The van der Waals surface area contributed by atoms with Gasteiger partial charge in [0.15, 0.2) is 0 Å². The molecular formula is C23H33N5O. The number of rotatable bonds is 6. The van der Waals surface area contributed by atoms with Crippen LogP contribution in [-0.4, -0.2) is 76.7 Å². The minimum atomic E-state index is 0.351. The number of aromatic nitrogens is 2. The molecule has 1 unspecified atom stereocenters. The molecule has 1 aromatic heterocycles. The van der Waals surface area contributed by atoms with Gasteiger partial charge in [0.2, 0.25) is 5.91 Å². The van der Waals surface area contributed by atoms with E-state index >= 15 is 0 Å². The lowest BCUT2D eigenvalue weighted by Gasteiger charge is -2.34. The summed E-state index contributed by atoms with van der Waals surface area (Å²) in [5.41, 5.74) is 2.44. The molecule has 1 amide bonds. The summed E-state index contributed by atoms with van der Waals surface area (Å²) in [4.78, 5) is 19.4. The molecule has 3 heterocycles. The van der Waals surface area contributed by atoms with E-state index in [0.717, 1.165) is 57.9 Å². The van der Waals surface area contributed by atoms with E-state index in [2.05, 4.69) is 51.1 Å². The number of benzene rings is 1. The first-order valence-electron chi connectivity index (χ1n) is 10.9. The van der Waals surface area contributed by atoms with E-state index in [0.29, 0.717) is 18.2 Å². The van der Waals surface area contributed by atoms with Crippen molar-refractivity contribution in [3.63, 3.8) is 0 Å².